The van der Waals surface area contributed by atoms with E-state index in [0.29, 0.717) is 16.8 Å². The van der Waals surface area contributed by atoms with Crippen molar-refractivity contribution in [1.82, 2.24) is 4.98 Å². The van der Waals surface area contributed by atoms with Crippen molar-refractivity contribution in [1.29, 1.82) is 5.26 Å². The molecule has 4 heteroatoms. The van der Waals surface area contributed by atoms with E-state index in [1.54, 1.807) is 24.4 Å². The quantitative estimate of drug-likeness (QED) is 0.551. The molecule has 1 aromatic carbocycles. The standard InChI is InChI=1S/C12H7N3S/c13-8-9-1-3-11(14)10(7-9)2-4-12-15-5-6-16-12/h1,3,5-7H,14H2. The molecule has 0 saturated heterocycles. The summed E-state index contributed by atoms with van der Waals surface area (Å²) in [6.45, 7) is 0. The summed E-state index contributed by atoms with van der Waals surface area (Å²) < 4.78 is 0. The lowest BCUT2D eigenvalue weighted by molar-refractivity contribution is 1.39. The van der Waals surface area contributed by atoms with Crippen LogP contribution < -0.4 is 5.73 Å². The van der Waals surface area contributed by atoms with Crippen LogP contribution in [0, 0.1) is 23.2 Å². The molecule has 2 rings (SSSR count). The normalized spacial score (nSPS) is 8.94. The van der Waals surface area contributed by atoms with Gasteiger partial charge in [-0.2, -0.15) is 5.26 Å². The first kappa shape index (κ1) is 10.2. The summed E-state index contributed by atoms with van der Waals surface area (Å²) in [5.41, 5.74) is 7.54. The van der Waals surface area contributed by atoms with Crippen LogP contribution >= 0.6 is 11.3 Å². The molecule has 2 N–H and O–H groups in total. The maximum absolute atomic E-state index is 8.76. The molecule has 0 saturated carbocycles. The van der Waals surface area contributed by atoms with E-state index in [9.17, 15) is 0 Å². The zero-order valence-corrected chi connectivity index (χ0v) is 9.08. The van der Waals surface area contributed by atoms with Crippen LogP contribution in [0.3, 0.4) is 0 Å². The zero-order chi connectivity index (χ0) is 11.4. The number of anilines is 1. The SMILES string of the molecule is N#Cc1ccc(N)c(C#Cc2nccs2)c1. The van der Waals surface area contributed by atoms with Crippen molar-refractivity contribution in [3.63, 3.8) is 0 Å². The van der Waals surface area contributed by atoms with Gasteiger partial charge in [0.2, 0.25) is 0 Å². The van der Waals surface area contributed by atoms with Gasteiger partial charge in [0.05, 0.1) is 11.6 Å². The molecule has 0 spiro atoms. The van der Waals surface area contributed by atoms with E-state index in [2.05, 4.69) is 22.9 Å². The van der Waals surface area contributed by atoms with E-state index in [4.69, 9.17) is 11.0 Å². The molecule has 2 aromatic rings. The summed E-state index contributed by atoms with van der Waals surface area (Å²) in [4.78, 5) is 4.04. The summed E-state index contributed by atoms with van der Waals surface area (Å²) in [5.74, 6) is 5.81. The van der Waals surface area contributed by atoms with Gasteiger partial charge in [-0.15, -0.1) is 11.3 Å². The minimum atomic E-state index is 0.553. The number of nitrogens with two attached hydrogens (primary N) is 1. The number of rotatable bonds is 0. The monoisotopic (exact) mass is 225 g/mol. The largest absolute Gasteiger partial charge is 0.398 e. The fourth-order valence-corrected chi connectivity index (χ4v) is 1.62. The minimum Gasteiger partial charge on any atom is -0.398 e. The Hall–Kier alpha value is -2.30. The van der Waals surface area contributed by atoms with Gasteiger partial charge in [-0.3, -0.25) is 0 Å². The van der Waals surface area contributed by atoms with Crippen molar-refractivity contribution >= 4 is 17.0 Å². The molecule has 0 atom stereocenters. The van der Waals surface area contributed by atoms with Crippen molar-refractivity contribution in [3.05, 3.63) is 45.9 Å². The Bertz CT molecular complexity index is 597. The molecule has 1 aromatic heterocycles. The van der Waals surface area contributed by atoms with Crippen LogP contribution in [0.15, 0.2) is 29.8 Å². The number of benzene rings is 1. The number of thiazole rings is 1. The summed E-state index contributed by atoms with van der Waals surface area (Å²) in [7, 11) is 0. The predicted octanol–water partition coefficient (Wildman–Crippen LogP) is 2.00. The van der Waals surface area contributed by atoms with Crippen LogP contribution in [-0.4, -0.2) is 4.98 Å². The van der Waals surface area contributed by atoms with Gasteiger partial charge in [0.15, 0.2) is 5.01 Å². The highest BCUT2D eigenvalue weighted by atomic mass is 32.1. The van der Waals surface area contributed by atoms with Crippen molar-refractivity contribution in [3.8, 4) is 17.9 Å². The first-order valence-electron chi connectivity index (χ1n) is 4.51. The molecular weight excluding hydrogens is 218 g/mol. The van der Waals surface area contributed by atoms with Crippen LogP contribution in [0.1, 0.15) is 16.1 Å². The molecule has 0 bridgehead atoms. The van der Waals surface area contributed by atoms with Gasteiger partial charge in [0.25, 0.3) is 0 Å². The van der Waals surface area contributed by atoms with Gasteiger partial charge in [-0.25, -0.2) is 4.98 Å². The van der Waals surface area contributed by atoms with Gasteiger partial charge < -0.3 is 5.73 Å². The van der Waals surface area contributed by atoms with Crippen LogP contribution in [0.5, 0.6) is 0 Å². The van der Waals surface area contributed by atoms with Crippen molar-refractivity contribution in [2.75, 3.05) is 5.73 Å². The van der Waals surface area contributed by atoms with E-state index in [-0.39, 0.29) is 0 Å². The Balaban J connectivity index is 2.38. The predicted molar refractivity (Wildman–Crippen MR) is 63.7 cm³/mol. The molecule has 0 unspecified atom stereocenters. The number of nitriles is 1. The lowest BCUT2D eigenvalue weighted by atomic mass is 10.1. The first-order chi connectivity index (χ1) is 7.79. The Morgan fingerprint density at radius 1 is 1.31 bits per heavy atom. The molecule has 0 aliphatic carbocycles. The molecule has 0 radical (unpaired) electrons. The topological polar surface area (TPSA) is 62.7 Å². The second kappa shape index (κ2) is 4.48. The number of aromatic nitrogens is 1. The second-order valence-electron chi connectivity index (χ2n) is 3.00. The Morgan fingerprint density at radius 2 is 2.19 bits per heavy atom. The zero-order valence-electron chi connectivity index (χ0n) is 8.27. The van der Waals surface area contributed by atoms with Crippen LogP contribution in [0.2, 0.25) is 0 Å². The average molecular weight is 225 g/mol. The van der Waals surface area contributed by atoms with E-state index < -0.39 is 0 Å². The molecule has 1 heterocycles. The van der Waals surface area contributed by atoms with Crippen molar-refractivity contribution < 1.29 is 0 Å². The number of hydrogen-bond donors (Lipinski definition) is 1. The highest BCUT2D eigenvalue weighted by Gasteiger charge is 1.97. The van der Waals surface area contributed by atoms with E-state index in [1.807, 2.05) is 5.38 Å². The summed E-state index contributed by atoms with van der Waals surface area (Å²) in [6, 6.07) is 7.08. The maximum Gasteiger partial charge on any atom is 0.167 e. The van der Waals surface area contributed by atoms with E-state index in [0.717, 1.165) is 5.01 Å². The van der Waals surface area contributed by atoms with Crippen LogP contribution in [0.4, 0.5) is 5.69 Å². The molecule has 0 aliphatic heterocycles. The molecule has 16 heavy (non-hydrogen) atoms. The molecule has 3 nitrogen and oxygen atoms in total. The Kier molecular flexibility index (Phi) is 2.86. The summed E-state index contributed by atoms with van der Waals surface area (Å²) in [6.07, 6.45) is 1.70. The fourth-order valence-electron chi connectivity index (χ4n) is 1.14. The second-order valence-corrected chi connectivity index (χ2v) is 3.90. The minimum absolute atomic E-state index is 0.553. The number of nitrogen functional groups attached to an aromatic ring is 1. The summed E-state index contributed by atoms with van der Waals surface area (Å²) >= 11 is 1.47. The van der Waals surface area contributed by atoms with Crippen molar-refractivity contribution in [2.24, 2.45) is 0 Å². The van der Waals surface area contributed by atoms with Gasteiger partial charge in [-0.1, -0.05) is 5.92 Å². The number of hydrogen-bond acceptors (Lipinski definition) is 4. The smallest absolute Gasteiger partial charge is 0.167 e. The third kappa shape index (κ3) is 2.20. The highest BCUT2D eigenvalue weighted by molar-refractivity contribution is 7.10. The lowest BCUT2D eigenvalue weighted by Gasteiger charge is -1.97. The third-order valence-corrected chi connectivity index (χ3v) is 2.61. The van der Waals surface area contributed by atoms with Gasteiger partial charge in [0.1, 0.15) is 0 Å². The molecule has 0 fully saturated rings. The maximum atomic E-state index is 8.76. The van der Waals surface area contributed by atoms with Crippen LogP contribution in [0.25, 0.3) is 0 Å². The first-order valence-corrected chi connectivity index (χ1v) is 5.38. The average Bonchev–Trinajstić information content (AvgIpc) is 2.81. The molecular formula is C12H7N3S. The van der Waals surface area contributed by atoms with E-state index in [1.165, 1.54) is 11.3 Å². The third-order valence-electron chi connectivity index (χ3n) is 1.92. The number of nitrogens with zero attached hydrogens (tertiary/aromatic N) is 2. The molecule has 76 valence electrons. The highest BCUT2D eigenvalue weighted by Crippen LogP contribution is 2.12. The van der Waals surface area contributed by atoms with Crippen molar-refractivity contribution in [2.45, 2.75) is 0 Å². The van der Waals surface area contributed by atoms with Gasteiger partial charge in [0, 0.05) is 22.8 Å². The Morgan fingerprint density at radius 3 is 2.88 bits per heavy atom. The van der Waals surface area contributed by atoms with E-state index >= 15 is 0 Å². The molecule has 0 aliphatic rings. The van der Waals surface area contributed by atoms with Gasteiger partial charge >= 0.3 is 0 Å². The van der Waals surface area contributed by atoms with Crippen LogP contribution in [-0.2, 0) is 0 Å². The summed E-state index contributed by atoms with van der Waals surface area (Å²) in [5, 5.41) is 11.4. The van der Waals surface area contributed by atoms with Gasteiger partial charge in [-0.05, 0) is 24.1 Å². The fraction of sp³-hybridized carbons (Fsp3) is 0. The lowest BCUT2D eigenvalue weighted by Crippen LogP contribution is -1.90. The Labute approximate surface area is 97.2 Å². The molecule has 0 amide bonds.